The molecule has 3 rings (SSSR count). The summed E-state index contributed by atoms with van der Waals surface area (Å²) in [5, 5.41) is 3.93. The van der Waals surface area contributed by atoms with Crippen LogP contribution >= 0.6 is 0 Å². The highest BCUT2D eigenvalue weighted by Gasteiger charge is 2.10. The summed E-state index contributed by atoms with van der Waals surface area (Å²) in [6.45, 7) is 3.00. The minimum atomic E-state index is 0.0840. The van der Waals surface area contributed by atoms with E-state index in [0.29, 0.717) is 6.42 Å². The van der Waals surface area contributed by atoms with E-state index >= 15 is 0 Å². The van der Waals surface area contributed by atoms with Crippen LogP contribution in [0.5, 0.6) is 0 Å². The van der Waals surface area contributed by atoms with Crippen LogP contribution in [-0.4, -0.2) is 17.5 Å². The van der Waals surface area contributed by atoms with Crippen LogP contribution < -0.4 is 5.32 Å². The van der Waals surface area contributed by atoms with Crippen molar-refractivity contribution in [3.05, 3.63) is 71.4 Å². The van der Waals surface area contributed by atoms with Gasteiger partial charge in [-0.1, -0.05) is 42.5 Å². The molecule has 0 unspecified atom stereocenters. The highest BCUT2D eigenvalue weighted by Crippen LogP contribution is 2.24. The summed E-state index contributed by atoms with van der Waals surface area (Å²) in [4.78, 5) is 11.5. The van der Waals surface area contributed by atoms with Crippen molar-refractivity contribution in [1.29, 1.82) is 0 Å². The maximum Gasteiger partial charge on any atom is 0.220 e. The molecule has 0 saturated carbocycles. The summed E-state index contributed by atoms with van der Waals surface area (Å²) in [5.41, 5.74) is 5.09. The zero-order valence-corrected chi connectivity index (χ0v) is 13.7. The molecule has 0 atom stereocenters. The molecule has 0 aliphatic heterocycles. The molecule has 23 heavy (non-hydrogen) atoms. The first kappa shape index (κ1) is 15.3. The number of amides is 1. The zero-order valence-electron chi connectivity index (χ0n) is 13.7. The first-order valence-electron chi connectivity index (χ1n) is 8.01. The molecule has 2 aromatic carbocycles. The Kier molecular flexibility index (Phi) is 4.47. The van der Waals surface area contributed by atoms with Crippen molar-refractivity contribution in [2.45, 2.75) is 26.3 Å². The molecule has 1 aromatic heterocycles. The lowest BCUT2D eigenvalue weighted by atomic mass is 10.1. The van der Waals surface area contributed by atoms with E-state index in [0.717, 1.165) is 13.0 Å². The monoisotopic (exact) mass is 306 g/mol. The van der Waals surface area contributed by atoms with Crippen LogP contribution in [0.1, 0.15) is 23.1 Å². The molecule has 118 valence electrons. The third-order valence-corrected chi connectivity index (χ3v) is 4.37. The molecule has 0 radical (unpaired) electrons. The Labute approximate surface area is 136 Å². The molecular weight excluding hydrogens is 284 g/mol. The van der Waals surface area contributed by atoms with Crippen molar-refractivity contribution in [3.8, 4) is 0 Å². The highest BCUT2D eigenvalue weighted by molar-refractivity contribution is 5.85. The molecule has 1 N–H and O–H groups in total. The maximum absolute atomic E-state index is 11.5. The number of para-hydroxylation sites is 1. The van der Waals surface area contributed by atoms with Gasteiger partial charge in [-0.25, -0.2) is 0 Å². The van der Waals surface area contributed by atoms with Crippen LogP contribution in [0.4, 0.5) is 0 Å². The number of carbonyl (C=O) groups excluding carboxylic acids is 1. The summed E-state index contributed by atoms with van der Waals surface area (Å²) < 4.78 is 2.29. The Hall–Kier alpha value is -2.55. The second kappa shape index (κ2) is 6.69. The van der Waals surface area contributed by atoms with E-state index < -0.39 is 0 Å². The normalized spacial score (nSPS) is 10.9. The number of nitrogens with one attached hydrogen (secondary N) is 1. The first-order valence-corrected chi connectivity index (χ1v) is 8.01. The van der Waals surface area contributed by atoms with Gasteiger partial charge in [-0.2, -0.15) is 0 Å². The first-order chi connectivity index (χ1) is 11.2. The molecule has 0 aliphatic rings. The number of hydrogen-bond acceptors (Lipinski definition) is 1. The van der Waals surface area contributed by atoms with Gasteiger partial charge in [0.1, 0.15) is 0 Å². The molecule has 1 heterocycles. The zero-order chi connectivity index (χ0) is 16.2. The maximum atomic E-state index is 11.5. The Bertz CT molecular complexity index is 833. The lowest BCUT2D eigenvalue weighted by Crippen LogP contribution is -2.17. The van der Waals surface area contributed by atoms with Gasteiger partial charge in [0.25, 0.3) is 0 Å². The van der Waals surface area contributed by atoms with E-state index in [1.165, 1.54) is 27.6 Å². The molecular formula is C20H22N2O. The van der Waals surface area contributed by atoms with Crippen LogP contribution in [0.3, 0.4) is 0 Å². The predicted octanol–water partition coefficient (Wildman–Crippen LogP) is 3.68. The minimum absolute atomic E-state index is 0.0840. The third kappa shape index (κ3) is 3.29. The quantitative estimate of drug-likeness (QED) is 0.766. The molecule has 0 spiro atoms. The van der Waals surface area contributed by atoms with E-state index in [1.807, 2.05) is 0 Å². The minimum Gasteiger partial charge on any atom is -0.359 e. The van der Waals surface area contributed by atoms with Crippen LogP contribution in [-0.2, 0) is 17.8 Å². The molecule has 0 bridgehead atoms. The second-order valence-electron chi connectivity index (χ2n) is 5.90. The van der Waals surface area contributed by atoms with E-state index in [9.17, 15) is 4.79 Å². The SMILES string of the molecule is CNC(=O)CCc1cn(Cc2ccccc2C)c2ccccc12. The van der Waals surface area contributed by atoms with Gasteiger partial charge >= 0.3 is 0 Å². The van der Waals surface area contributed by atoms with Crippen LogP contribution in [0.2, 0.25) is 0 Å². The lowest BCUT2D eigenvalue weighted by Gasteiger charge is -2.08. The largest absolute Gasteiger partial charge is 0.359 e. The topological polar surface area (TPSA) is 34.0 Å². The Morgan fingerprint density at radius 1 is 1.04 bits per heavy atom. The van der Waals surface area contributed by atoms with Crippen LogP contribution in [0.25, 0.3) is 10.9 Å². The van der Waals surface area contributed by atoms with Gasteiger partial charge < -0.3 is 9.88 Å². The fourth-order valence-electron chi connectivity index (χ4n) is 3.00. The van der Waals surface area contributed by atoms with E-state index in [4.69, 9.17) is 0 Å². The average Bonchev–Trinajstić information content (AvgIpc) is 2.93. The number of nitrogens with zero attached hydrogens (tertiary/aromatic N) is 1. The summed E-state index contributed by atoms with van der Waals surface area (Å²) in [7, 11) is 1.68. The number of fused-ring (bicyclic) bond motifs is 1. The number of benzene rings is 2. The van der Waals surface area contributed by atoms with Crippen LogP contribution in [0, 0.1) is 6.92 Å². The lowest BCUT2D eigenvalue weighted by molar-refractivity contribution is -0.120. The summed E-state index contributed by atoms with van der Waals surface area (Å²) >= 11 is 0. The Balaban J connectivity index is 1.94. The van der Waals surface area contributed by atoms with Crippen molar-refractivity contribution in [3.63, 3.8) is 0 Å². The van der Waals surface area contributed by atoms with E-state index in [-0.39, 0.29) is 5.91 Å². The van der Waals surface area contributed by atoms with Crippen LogP contribution in [0.15, 0.2) is 54.7 Å². The smallest absolute Gasteiger partial charge is 0.220 e. The van der Waals surface area contributed by atoms with Gasteiger partial charge in [0.2, 0.25) is 5.91 Å². The number of aryl methyl sites for hydroxylation is 2. The number of rotatable bonds is 5. The Morgan fingerprint density at radius 3 is 2.57 bits per heavy atom. The molecule has 0 aliphatic carbocycles. The third-order valence-electron chi connectivity index (χ3n) is 4.37. The predicted molar refractivity (Wildman–Crippen MR) is 94.6 cm³/mol. The molecule has 0 fully saturated rings. The van der Waals surface area contributed by atoms with Crippen molar-refractivity contribution < 1.29 is 4.79 Å². The standard InChI is InChI=1S/C20H22N2O/c1-15-7-3-4-8-16(15)13-22-14-17(11-12-20(23)21-2)18-9-5-6-10-19(18)22/h3-10,14H,11-13H2,1-2H3,(H,21,23). The average molecular weight is 306 g/mol. The molecule has 0 saturated heterocycles. The fourth-order valence-corrected chi connectivity index (χ4v) is 3.00. The van der Waals surface area contributed by atoms with Crippen molar-refractivity contribution in [2.75, 3.05) is 7.05 Å². The summed E-state index contributed by atoms with van der Waals surface area (Å²) in [6, 6.07) is 16.9. The fraction of sp³-hybridized carbons (Fsp3) is 0.250. The van der Waals surface area contributed by atoms with Gasteiger partial charge in [-0.05, 0) is 36.1 Å². The summed E-state index contributed by atoms with van der Waals surface area (Å²) in [6.07, 6.45) is 3.48. The van der Waals surface area contributed by atoms with Crippen molar-refractivity contribution in [1.82, 2.24) is 9.88 Å². The second-order valence-corrected chi connectivity index (χ2v) is 5.90. The number of carbonyl (C=O) groups is 1. The molecule has 3 heteroatoms. The van der Waals surface area contributed by atoms with Gasteiger partial charge in [0, 0.05) is 37.1 Å². The Morgan fingerprint density at radius 2 is 1.78 bits per heavy atom. The number of hydrogen-bond donors (Lipinski definition) is 1. The van der Waals surface area contributed by atoms with Gasteiger partial charge in [0.05, 0.1) is 0 Å². The van der Waals surface area contributed by atoms with Gasteiger partial charge in [0.15, 0.2) is 0 Å². The molecule has 1 amide bonds. The molecule has 3 aromatic rings. The number of aromatic nitrogens is 1. The van der Waals surface area contributed by atoms with Gasteiger partial charge in [-0.3, -0.25) is 4.79 Å². The van der Waals surface area contributed by atoms with E-state index in [1.54, 1.807) is 7.05 Å². The van der Waals surface area contributed by atoms with Crippen molar-refractivity contribution >= 4 is 16.8 Å². The highest BCUT2D eigenvalue weighted by atomic mass is 16.1. The van der Waals surface area contributed by atoms with Gasteiger partial charge in [-0.15, -0.1) is 0 Å². The van der Waals surface area contributed by atoms with Crippen molar-refractivity contribution in [2.24, 2.45) is 0 Å². The molecule has 3 nitrogen and oxygen atoms in total. The van der Waals surface area contributed by atoms with E-state index in [2.05, 4.69) is 71.5 Å². The summed E-state index contributed by atoms with van der Waals surface area (Å²) in [5.74, 6) is 0.0840.